The second-order valence-electron chi connectivity index (χ2n) is 6.46. The van der Waals surface area contributed by atoms with Crippen molar-refractivity contribution in [3.63, 3.8) is 0 Å². The lowest BCUT2D eigenvalue weighted by Gasteiger charge is -2.22. The number of aryl methyl sites for hydroxylation is 2. The number of hydrogen-bond donors (Lipinski definition) is 2. The number of rotatable bonds is 4. The molecule has 1 atom stereocenters. The summed E-state index contributed by atoms with van der Waals surface area (Å²) < 4.78 is 0. The van der Waals surface area contributed by atoms with Crippen LogP contribution in [0.3, 0.4) is 0 Å². The van der Waals surface area contributed by atoms with Crippen LogP contribution in [-0.4, -0.2) is 15.1 Å². The molecule has 0 saturated heterocycles. The molecule has 136 valence electrons. The van der Waals surface area contributed by atoms with Gasteiger partial charge in [0, 0.05) is 28.2 Å². The number of pyridine rings is 2. The molecule has 0 saturated carbocycles. The van der Waals surface area contributed by atoms with Crippen LogP contribution >= 0.6 is 22.9 Å². The van der Waals surface area contributed by atoms with Gasteiger partial charge < -0.3 is 10.4 Å². The molecule has 4 rings (SSSR count). The Morgan fingerprint density at radius 2 is 1.96 bits per heavy atom. The van der Waals surface area contributed by atoms with Crippen LogP contribution < -0.4 is 5.32 Å². The number of fused-ring (bicyclic) bond motifs is 1. The van der Waals surface area contributed by atoms with E-state index in [1.165, 1.54) is 0 Å². The number of aromatic hydroxyl groups is 1. The van der Waals surface area contributed by atoms with Gasteiger partial charge in [0.25, 0.3) is 0 Å². The molecule has 0 fully saturated rings. The van der Waals surface area contributed by atoms with Crippen LogP contribution in [0.15, 0.2) is 54.2 Å². The fourth-order valence-corrected chi connectivity index (χ4v) is 4.42. The van der Waals surface area contributed by atoms with Crippen molar-refractivity contribution in [2.75, 3.05) is 5.32 Å². The molecule has 27 heavy (non-hydrogen) atoms. The fraction of sp³-hybridized carbons (Fsp3) is 0.143. The van der Waals surface area contributed by atoms with Crippen LogP contribution in [0.1, 0.15) is 27.6 Å². The molecule has 3 heterocycles. The standard InChI is InChI=1S/C21H18ClN3OS/c1-12-5-8-23-17(10-12)25-19(21-13(2)6-9-27-21)15-11-16(22)14-4-3-7-24-18(14)20(15)26/h3-11,19,26H,1-2H3,(H,23,25). The zero-order valence-electron chi connectivity index (χ0n) is 14.9. The minimum Gasteiger partial charge on any atom is -0.505 e. The fourth-order valence-electron chi connectivity index (χ4n) is 3.15. The Balaban J connectivity index is 1.90. The Morgan fingerprint density at radius 3 is 2.70 bits per heavy atom. The molecule has 0 aliphatic heterocycles. The average molecular weight is 396 g/mol. The van der Waals surface area contributed by atoms with E-state index in [0.717, 1.165) is 27.2 Å². The molecule has 0 radical (unpaired) electrons. The van der Waals surface area contributed by atoms with Gasteiger partial charge in [0.05, 0.1) is 11.1 Å². The maximum Gasteiger partial charge on any atom is 0.147 e. The largest absolute Gasteiger partial charge is 0.505 e. The van der Waals surface area contributed by atoms with Crippen LogP contribution in [0.25, 0.3) is 10.9 Å². The first-order chi connectivity index (χ1) is 13.0. The van der Waals surface area contributed by atoms with Crippen molar-refractivity contribution >= 4 is 39.7 Å². The highest BCUT2D eigenvalue weighted by Crippen LogP contribution is 2.41. The van der Waals surface area contributed by atoms with E-state index in [0.29, 0.717) is 16.1 Å². The topological polar surface area (TPSA) is 58.0 Å². The predicted octanol–water partition coefficient (Wildman–Crippen LogP) is 5.87. The first kappa shape index (κ1) is 17.8. The third kappa shape index (κ3) is 3.36. The summed E-state index contributed by atoms with van der Waals surface area (Å²) in [6.07, 6.45) is 3.42. The number of nitrogens with one attached hydrogen (secondary N) is 1. The smallest absolute Gasteiger partial charge is 0.147 e. The van der Waals surface area contributed by atoms with E-state index in [-0.39, 0.29) is 11.8 Å². The van der Waals surface area contributed by atoms with Gasteiger partial charge in [-0.15, -0.1) is 11.3 Å². The van der Waals surface area contributed by atoms with Crippen LogP contribution in [0.2, 0.25) is 5.02 Å². The van der Waals surface area contributed by atoms with Gasteiger partial charge in [0.2, 0.25) is 0 Å². The van der Waals surface area contributed by atoms with Crippen LogP contribution in [0.5, 0.6) is 5.75 Å². The lowest BCUT2D eigenvalue weighted by atomic mass is 9.99. The molecular formula is C21H18ClN3OS. The Hall–Kier alpha value is -2.63. The summed E-state index contributed by atoms with van der Waals surface area (Å²) in [5.74, 6) is 0.873. The Kier molecular flexibility index (Phi) is 4.72. The first-order valence-corrected chi connectivity index (χ1v) is 9.79. The highest BCUT2D eigenvalue weighted by molar-refractivity contribution is 7.10. The molecular weight excluding hydrogens is 378 g/mol. The lowest BCUT2D eigenvalue weighted by Crippen LogP contribution is -2.13. The molecule has 0 amide bonds. The lowest BCUT2D eigenvalue weighted by molar-refractivity contribution is 0.472. The van der Waals surface area contributed by atoms with Gasteiger partial charge in [-0.25, -0.2) is 4.98 Å². The zero-order valence-corrected chi connectivity index (χ0v) is 16.5. The van der Waals surface area contributed by atoms with E-state index in [9.17, 15) is 5.11 Å². The number of hydrogen-bond acceptors (Lipinski definition) is 5. The number of halogens is 1. The van der Waals surface area contributed by atoms with Crippen molar-refractivity contribution in [3.05, 3.63) is 80.8 Å². The highest BCUT2D eigenvalue weighted by Gasteiger charge is 2.24. The van der Waals surface area contributed by atoms with E-state index >= 15 is 0 Å². The third-order valence-corrected chi connectivity index (χ3v) is 5.92. The number of phenols is 1. The molecule has 3 aromatic heterocycles. The number of nitrogens with zero attached hydrogens (tertiary/aromatic N) is 2. The highest BCUT2D eigenvalue weighted by atomic mass is 35.5. The minimum atomic E-state index is -0.289. The summed E-state index contributed by atoms with van der Waals surface area (Å²) in [6, 6.07) is 11.2. The molecule has 0 bridgehead atoms. The van der Waals surface area contributed by atoms with Crippen LogP contribution in [-0.2, 0) is 0 Å². The Labute approximate surface area is 166 Å². The van der Waals surface area contributed by atoms with Crippen molar-refractivity contribution in [3.8, 4) is 5.75 Å². The predicted molar refractivity (Wildman–Crippen MR) is 112 cm³/mol. The molecule has 0 aliphatic carbocycles. The monoisotopic (exact) mass is 395 g/mol. The van der Waals surface area contributed by atoms with Crippen LogP contribution in [0, 0.1) is 13.8 Å². The van der Waals surface area contributed by atoms with E-state index in [4.69, 9.17) is 11.6 Å². The number of phenolic OH excluding ortho intramolecular Hbond substituents is 1. The van der Waals surface area contributed by atoms with Gasteiger partial charge in [-0.3, -0.25) is 4.98 Å². The van der Waals surface area contributed by atoms with E-state index in [1.807, 2.05) is 42.6 Å². The van der Waals surface area contributed by atoms with Gasteiger partial charge in [0.15, 0.2) is 0 Å². The zero-order chi connectivity index (χ0) is 19.0. The van der Waals surface area contributed by atoms with E-state index < -0.39 is 0 Å². The second-order valence-corrected chi connectivity index (χ2v) is 7.81. The average Bonchev–Trinajstić information content (AvgIpc) is 3.09. The first-order valence-electron chi connectivity index (χ1n) is 8.54. The maximum atomic E-state index is 11.0. The second kappa shape index (κ2) is 7.18. The Morgan fingerprint density at radius 1 is 1.11 bits per heavy atom. The van der Waals surface area contributed by atoms with Gasteiger partial charge in [0.1, 0.15) is 17.1 Å². The van der Waals surface area contributed by atoms with Crippen molar-refractivity contribution in [1.29, 1.82) is 0 Å². The SMILES string of the molecule is Cc1ccnc(NC(c2cc(Cl)c3cccnc3c2O)c2sccc2C)c1. The molecule has 2 N–H and O–H groups in total. The van der Waals surface area contributed by atoms with Crippen molar-refractivity contribution in [2.45, 2.75) is 19.9 Å². The van der Waals surface area contributed by atoms with E-state index in [2.05, 4.69) is 28.3 Å². The van der Waals surface area contributed by atoms with Crippen LogP contribution in [0.4, 0.5) is 5.82 Å². The number of thiophene rings is 1. The van der Waals surface area contributed by atoms with Gasteiger partial charge >= 0.3 is 0 Å². The van der Waals surface area contributed by atoms with Crippen molar-refractivity contribution < 1.29 is 5.11 Å². The molecule has 0 aliphatic rings. The molecule has 4 aromatic rings. The number of aromatic nitrogens is 2. The Bertz CT molecular complexity index is 1130. The summed E-state index contributed by atoms with van der Waals surface area (Å²) in [5, 5.41) is 17.8. The summed E-state index contributed by atoms with van der Waals surface area (Å²) >= 11 is 8.15. The molecule has 1 unspecified atom stereocenters. The minimum absolute atomic E-state index is 0.132. The van der Waals surface area contributed by atoms with Crippen molar-refractivity contribution in [1.82, 2.24) is 9.97 Å². The maximum absolute atomic E-state index is 11.0. The summed E-state index contributed by atoms with van der Waals surface area (Å²) in [4.78, 5) is 9.85. The van der Waals surface area contributed by atoms with Gasteiger partial charge in [-0.05, 0) is 66.8 Å². The molecule has 6 heteroatoms. The number of anilines is 1. The van der Waals surface area contributed by atoms with Gasteiger partial charge in [-0.1, -0.05) is 11.6 Å². The molecule has 4 nitrogen and oxygen atoms in total. The van der Waals surface area contributed by atoms with Gasteiger partial charge in [-0.2, -0.15) is 0 Å². The summed E-state index contributed by atoms with van der Waals surface area (Å²) in [5.41, 5.74) is 3.43. The number of benzene rings is 1. The molecule has 1 aromatic carbocycles. The normalized spacial score (nSPS) is 12.3. The van der Waals surface area contributed by atoms with E-state index in [1.54, 1.807) is 23.7 Å². The molecule has 0 spiro atoms. The summed E-state index contributed by atoms with van der Waals surface area (Å²) in [6.45, 7) is 4.08. The summed E-state index contributed by atoms with van der Waals surface area (Å²) in [7, 11) is 0. The van der Waals surface area contributed by atoms with Crippen molar-refractivity contribution in [2.24, 2.45) is 0 Å². The third-order valence-electron chi connectivity index (χ3n) is 4.53. The quantitative estimate of drug-likeness (QED) is 0.453.